The standard InChI is InChI=1S/C16H21N2/c1-17(2)16-9-7-15(8-10-16)11-14-18(3)12-5-4-6-13-18/h4-12,14H,13H2,1-3H3/q+1/b14-11+. The van der Waals surface area contributed by atoms with E-state index in [1.54, 1.807) is 0 Å². The fraction of sp³-hybridized carbons (Fsp3) is 0.250. The average Bonchev–Trinajstić information content (AvgIpc) is 2.38. The van der Waals surface area contributed by atoms with Crippen LogP contribution in [0.2, 0.25) is 0 Å². The molecule has 0 bridgehead atoms. The molecule has 2 rings (SSSR count). The number of anilines is 1. The maximum Gasteiger partial charge on any atom is 0.106 e. The first kappa shape index (κ1) is 12.7. The molecule has 0 saturated heterocycles. The zero-order valence-electron chi connectivity index (χ0n) is 11.4. The summed E-state index contributed by atoms with van der Waals surface area (Å²) in [4.78, 5) is 2.11. The van der Waals surface area contributed by atoms with Gasteiger partial charge in [0.05, 0.1) is 7.05 Å². The summed E-state index contributed by atoms with van der Waals surface area (Å²) in [6.07, 6.45) is 13.0. The van der Waals surface area contributed by atoms with Crippen molar-refractivity contribution in [2.24, 2.45) is 0 Å². The number of hydrogen-bond donors (Lipinski definition) is 0. The van der Waals surface area contributed by atoms with Gasteiger partial charge in [0.1, 0.15) is 18.9 Å². The summed E-state index contributed by atoms with van der Waals surface area (Å²) in [5.74, 6) is 0. The molecule has 0 fully saturated rings. The molecule has 1 aliphatic rings. The van der Waals surface area contributed by atoms with E-state index in [9.17, 15) is 0 Å². The summed E-state index contributed by atoms with van der Waals surface area (Å²) >= 11 is 0. The minimum atomic E-state index is 0.825. The minimum absolute atomic E-state index is 0.825. The van der Waals surface area contributed by atoms with E-state index in [1.807, 2.05) is 0 Å². The highest BCUT2D eigenvalue weighted by molar-refractivity contribution is 5.54. The molecule has 1 atom stereocenters. The van der Waals surface area contributed by atoms with Crippen molar-refractivity contribution in [3.8, 4) is 0 Å². The second kappa shape index (κ2) is 5.23. The number of nitrogens with zero attached hydrogens (tertiary/aromatic N) is 2. The van der Waals surface area contributed by atoms with E-state index in [2.05, 4.69) is 87.0 Å². The van der Waals surface area contributed by atoms with Crippen LogP contribution in [0.5, 0.6) is 0 Å². The van der Waals surface area contributed by atoms with Gasteiger partial charge in [-0.05, 0) is 35.9 Å². The molecule has 2 heteroatoms. The summed E-state index contributed by atoms with van der Waals surface area (Å²) in [5.41, 5.74) is 2.47. The highest BCUT2D eigenvalue weighted by atomic mass is 15.3. The largest absolute Gasteiger partial charge is 0.378 e. The topological polar surface area (TPSA) is 3.24 Å². The molecule has 1 aromatic rings. The molecular formula is C16H21N2+. The van der Waals surface area contributed by atoms with Crippen molar-refractivity contribution in [1.82, 2.24) is 0 Å². The van der Waals surface area contributed by atoms with Crippen molar-refractivity contribution in [2.45, 2.75) is 0 Å². The van der Waals surface area contributed by atoms with Crippen LogP contribution in [-0.2, 0) is 0 Å². The van der Waals surface area contributed by atoms with Crippen LogP contribution in [0.25, 0.3) is 6.08 Å². The molecule has 1 unspecified atom stereocenters. The van der Waals surface area contributed by atoms with E-state index in [4.69, 9.17) is 0 Å². The lowest BCUT2D eigenvalue weighted by atomic mass is 10.2. The maximum absolute atomic E-state index is 2.23. The van der Waals surface area contributed by atoms with Crippen molar-refractivity contribution in [3.63, 3.8) is 0 Å². The van der Waals surface area contributed by atoms with Gasteiger partial charge in [-0.1, -0.05) is 18.2 Å². The highest BCUT2D eigenvalue weighted by Crippen LogP contribution is 2.16. The molecule has 0 spiro atoms. The van der Waals surface area contributed by atoms with Gasteiger partial charge in [-0.15, -0.1) is 0 Å². The Morgan fingerprint density at radius 1 is 1.11 bits per heavy atom. The van der Waals surface area contributed by atoms with Gasteiger partial charge in [-0.25, -0.2) is 0 Å². The van der Waals surface area contributed by atoms with Crippen LogP contribution in [-0.4, -0.2) is 32.2 Å². The number of benzene rings is 1. The molecular weight excluding hydrogens is 220 g/mol. The quantitative estimate of drug-likeness (QED) is 0.734. The van der Waals surface area contributed by atoms with Gasteiger partial charge >= 0.3 is 0 Å². The first-order valence-electron chi connectivity index (χ1n) is 6.25. The summed E-state index contributed by atoms with van der Waals surface area (Å²) in [5, 5.41) is 0. The SMILES string of the molecule is CN(C)c1ccc(/C=C/[N+]2(C)C=CC=CC2)cc1. The van der Waals surface area contributed by atoms with Gasteiger partial charge in [0.2, 0.25) is 0 Å². The third kappa shape index (κ3) is 3.11. The Balaban J connectivity index is 2.09. The van der Waals surface area contributed by atoms with Crippen LogP contribution in [0.1, 0.15) is 5.56 Å². The summed E-state index contributed by atoms with van der Waals surface area (Å²) < 4.78 is 0.825. The first-order chi connectivity index (χ1) is 8.59. The van der Waals surface area contributed by atoms with Crippen LogP contribution in [0.15, 0.2) is 54.9 Å². The van der Waals surface area contributed by atoms with Crippen molar-refractivity contribution >= 4 is 11.8 Å². The number of likely N-dealkylation sites (N-methyl/N-ethyl adjacent to an activating group) is 1. The Labute approximate surface area is 110 Å². The molecule has 0 amide bonds. The molecule has 94 valence electrons. The monoisotopic (exact) mass is 241 g/mol. The zero-order valence-corrected chi connectivity index (χ0v) is 11.4. The van der Waals surface area contributed by atoms with E-state index in [1.165, 1.54) is 11.3 Å². The fourth-order valence-corrected chi connectivity index (χ4v) is 1.92. The van der Waals surface area contributed by atoms with Crippen LogP contribution in [0.4, 0.5) is 5.69 Å². The Bertz CT molecular complexity index is 480. The molecule has 1 heterocycles. The molecule has 0 radical (unpaired) electrons. The van der Waals surface area contributed by atoms with Crippen LogP contribution < -0.4 is 4.90 Å². The Morgan fingerprint density at radius 3 is 2.39 bits per heavy atom. The van der Waals surface area contributed by atoms with Crippen LogP contribution >= 0.6 is 0 Å². The van der Waals surface area contributed by atoms with Crippen molar-refractivity contribution in [1.29, 1.82) is 0 Å². The summed E-state index contributed by atoms with van der Waals surface area (Å²) in [6.45, 7) is 1.02. The summed E-state index contributed by atoms with van der Waals surface area (Å²) in [7, 11) is 6.31. The molecule has 0 saturated carbocycles. The Morgan fingerprint density at radius 2 is 1.83 bits per heavy atom. The molecule has 0 aliphatic carbocycles. The van der Waals surface area contributed by atoms with Crippen molar-refractivity contribution in [3.05, 3.63) is 60.5 Å². The van der Waals surface area contributed by atoms with Gasteiger partial charge in [0.25, 0.3) is 0 Å². The first-order valence-corrected chi connectivity index (χ1v) is 6.25. The molecule has 1 aromatic carbocycles. The second-order valence-corrected chi connectivity index (χ2v) is 5.10. The number of allylic oxidation sites excluding steroid dienone is 2. The Kier molecular flexibility index (Phi) is 3.68. The van der Waals surface area contributed by atoms with E-state index >= 15 is 0 Å². The second-order valence-electron chi connectivity index (χ2n) is 5.10. The number of hydrogen-bond acceptors (Lipinski definition) is 1. The lowest BCUT2D eigenvalue weighted by Crippen LogP contribution is -2.32. The van der Waals surface area contributed by atoms with Gasteiger partial charge in [-0.2, -0.15) is 0 Å². The van der Waals surface area contributed by atoms with Gasteiger partial charge in [0, 0.05) is 19.8 Å². The van der Waals surface area contributed by atoms with Crippen molar-refractivity contribution < 1.29 is 4.48 Å². The van der Waals surface area contributed by atoms with Crippen molar-refractivity contribution in [2.75, 3.05) is 32.6 Å². The highest BCUT2D eigenvalue weighted by Gasteiger charge is 2.14. The fourth-order valence-electron chi connectivity index (χ4n) is 1.92. The Hall–Kier alpha value is -1.80. The molecule has 0 N–H and O–H groups in total. The lowest BCUT2D eigenvalue weighted by Gasteiger charge is -2.25. The normalized spacial score (nSPS) is 22.6. The van der Waals surface area contributed by atoms with E-state index in [0.29, 0.717) is 0 Å². The lowest BCUT2D eigenvalue weighted by molar-refractivity contribution is -0.799. The van der Waals surface area contributed by atoms with E-state index in [0.717, 1.165) is 11.0 Å². The number of rotatable bonds is 3. The predicted octanol–water partition coefficient (Wildman–Crippen LogP) is 3.25. The van der Waals surface area contributed by atoms with E-state index < -0.39 is 0 Å². The molecule has 18 heavy (non-hydrogen) atoms. The molecule has 1 aliphatic heterocycles. The maximum atomic E-state index is 2.23. The van der Waals surface area contributed by atoms with Crippen LogP contribution in [0, 0.1) is 0 Å². The van der Waals surface area contributed by atoms with Gasteiger partial charge in [0.15, 0.2) is 0 Å². The molecule has 0 aromatic heterocycles. The summed E-state index contributed by atoms with van der Waals surface area (Å²) in [6, 6.07) is 8.60. The minimum Gasteiger partial charge on any atom is -0.378 e. The van der Waals surface area contributed by atoms with Gasteiger partial charge < -0.3 is 4.90 Å². The van der Waals surface area contributed by atoms with Gasteiger partial charge in [-0.3, -0.25) is 4.48 Å². The average molecular weight is 241 g/mol. The zero-order chi connectivity index (χ0) is 13.0. The predicted molar refractivity (Wildman–Crippen MR) is 79.1 cm³/mol. The van der Waals surface area contributed by atoms with Crippen LogP contribution in [0.3, 0.4) is 0 Å². The number of quaternary nitrogens is 1. The molecule has 2 nitrogen and oxygen atoms in total. The van der Waals surface area contributed by atoms with E-state index in [-0.39, 0.29) is 0 Å². The third-order valence-corrected chi connectivity index (χ3v) is 3.19. The third-order valence-electron chi connectivity index (χ3n) is 3.19. The smallest absolute Gasteiger partial charge is 0.106 e.